The van der Waals surface area contributed by atoms with Crippen molar-refractivity contribution in [1.82, 2.24) is 15.0 Å². The number of hydrogen-bond donors (Lipinski definition) is 0. The molecule has 4 heteroatoms. The Hall–Kier alpha value is -2.85. The minimum Gasteiger partial charge on any atom is -0.208 e. The number of hydrogen-bond acceptors (Lipinski definition) is 3. The van der Waals surface area contributed by atoms with Crippen LogP contribution in [0, 0.1) is 6.92 Å². The number of benzene rings is 3. The Morgan fingerprint density at radius 3 is 1.43 bits per heavy atom. The molecule has 0 amide bonds. The van der Waals surface area contributed by atoms with Gasteiger partial charge in [-0.2, -0.15) is 0 Å². The molecule has 4 aromatic rings. The van der Waals surface area contributed by atoms with Gasteiger partial charge in [-0.15, -0.1) is 0 Å². The summed E-state index contributed by atoms with van der Waals surface area (Å²) in [4.78, 5) is 14.2. The van der Waals surface area contributed by atoms with E-state index in [1.54, 1.807) is 0 Å². The van der Waals surface area contributed by atoms with Crippen molar-refractivity contribution in [2.24, 2.45) is 0 Å². The number of nitrogens with zero attached hydrogens (tertiary/aromatic N) is 3. The summed E-state index contributed by atoms with van der Waals surface area (Å²) >= 11 is 3.55. The molecule has 0 saturated heterocycles. The second-order valence-electron chi connectivity index (χ2n) is 6.00. The van der Waals surface area contributed by atoms with E-state index in [0.29, 0.717) is 17.5 Å². The summed E-state index contributed by atoms with van der Waals surface area (Å²) in [6.07, 6.45) is 0. The molecule has 0 aliphatic heterocycles. The smallest absolute Gasteiger partial charge is 0.164 e. The molecule has 1 aromatic heterocycles. The van der Waals surface area contributed by atoms with Gasteiger partial charge in [-0.3, -0.25) is 0 Å². The zero-order chi connectivity index (χ0) is 19.9. The lowest BCUT2D eigenvalue weighted by molar-refractivity contribution is 1.07. The highest BCUT2D eigenvalue weighted by molar-refractivity contribution is 9.10. The lowest BCUT2D eigenvalue weighted by atomic mass is 10.1. The molecule has 0 unspecified atom stereocenters. The highest BCUT2D eigenvalue weighted by Crippen LogP contribution is 2.26. The van der Waals surface area contributed by atoms with Crippen LogP contribution in [0.2, 0.25) is 0 Å². The summed E-state index contributed by atoms with van der Waals surface area (Å²) in [5.74, 6) is 2.03. The predicted octanol–water partition coefficient (Wildman–Crippen LogP) is 6.97. The lowest BCUT2D eigenvalue weighted by Gasteiger charge is -2.09. The SMILES string of the molecule is CC.Cc1cc(-c2nc(-c3ccccc3)nc(-c3ccccc3)n2)ccc1Br. The Kier molecular flexibility index (Phi) is 6.66. The van der Waals surface area contributed by atoms with Crippen LogP contribution in [0.1, 0.15) is 19.4 Å². The van der Waals surface area contributed by atoms with Crippen LogP contribution in [0.3, 0.4) is 0 Å². The van der Waals surface area contributed by atoms with Crippen molar-refractivity contribution >= 4 is 15.9 Å². The van der Waals surface area contributed by atoms with Gasteiger partial charge in [0, 0.05) is 21.2 Å². The topological polar surface area (TPSA) is 38.7 Å². The monoisotopic (exact) mass is 431 g/mol. The molecular weight excluding hydrogens is 410 g/mol. The largest absolute Gasteiger partial charge is 0.208 e. The third-order valence-electron chi connectivity index (χ3n) is 4.12. The van der Waals surface area contributed by atoms with Crippen molar-refractivity contribution in [2.75, 3.05) is 0 Å². The highest BCUT2D eigenvalue weighted by Gasteiger charge is 2.12. The molecule has 0 N–H and O–H groups in total. The maximum Gasteiger partial charge on any atom is 0.164 e. The Bertz CT molecular complexity index is 990. The normalized spacial score (nSPS) is 10.1. The second kappa shape index (κ2) is 9.38. The Labute approximate surface area is 174 Å². The van der Waals surface area contributed by atoms with Crippen LogP contribution in [0.4, 0.5) is 0 Å². The van der Waals surface area contributed by atoms with Gasteiger partial charge in [-0.25, -0.2) is 15.0 Å². The third kappa shape index (κ3) is 4.52. The van der Waals surface area contributed by atoms with Gasteiger partial charge < -0.3 is 0 Å². The average molecular weight is 432 g/mol. The van der Waals surface area contributed by atoms with E-state index in [1.807, 2.05) is 86.6 Å². The molecule has 3 aromatic carbocycles. The van der Waals surface area contributed by atoms with E-state index in [9.17, 15) is 0 Å². The fraction of sp³-hybridized carbons (Fsp3) is 0.125. The molecular formula is C24H22BrN3. The zero-order valence-corrected chi connectivity index (χ0v) is 17.8. The summed E-state index contributed by atoms with van der Waals surface area (Å²) in [5, 5.41) is 0. The van der Waals surface area contributed by atoms with Crippen LogP contribution < -0.4 is 0 Å². The number of rotatable bonds is 3. The molecule has 28 heavy (non-hydrogen) atoms. The second-order valence-corrected chi connectivity index (χ2v) is 6.86. The van der Waals surface area contributed by atoms with Crippen LogP contribution in [0.5, 0.6) is 0 Å². The molecule has 0 spiro atoms. The molecule has 0 fully saturated rings. The molecule has 0 radical (unpaired) electrons. The lowest BCUT2D eigenvalue weighted by Crippen LogP contribution is -2.00. The van der Waals surface area contributed by atoms with Crippen molar-refractivity contribution in [3.8, 4) is 34.2 Å². The van der Waals surface area contributed by atoms with E-state index in [0.717, 1.165) is 26.7 Å². The summed E-state index contributed by atoms with van der Waals surface area (Å²) < 4.78 is 1.07. The van der Waals surface area contributed by atoms with Gasteiger partial charge in [0.15, 0.2) is 17.5 Å². The summed E-state index contributed by atoms with van der Waals surface area (Å²) in [5.41, 5.74) is 4.07. The Morgan fingerprint density at radius 2 is 1.00 bits per heavy atom. The molecule has 1 heterocycles. The minimum absolute atomic E-state index is 0.674. The van der Waals surface area contributed by atoms with Crippen molar-refractivity contribution in [2.45, 2.75) is 20.8 Å². The zero-order valence-electron chi connectivity index (χ0n) is 16.2. The van der Waals surface area contributed by atoms with E-state index >= 15 is 0 Å². The Morgan fingerprint density at radius 1 is 0.571 bits per heavy atom. The van der Waals surface area contributed by atoms with Crippen LogP contribution in [0.15, 0.2) is 83.3 Å². The van der Waals surface area contributed by atoms with Crippen LogP contribution in [-0.2, 0) is 0 Å². The molecule has 3 nitrogen and oxygen atoms in total. The first-order valence-corrected chi connectivity index (χ1v) is 10.1. The number of halogens is 1. The van der Waals surface area contributed by atoms with E-state index in [2.05, 4.69) is 28.9 Å². The standard InChI is InChI=1S/C22H16BrN3.C2H6/c1-15-14-18(12-13-19(15)23)22-25-20(16-8-4-2-5-9-16)24-21(26-22)17-10-6-3-7-11-17;1-2/h2-14H,1H3;1-2H3. The van der Waals surface area contributed by atoms with Crippen LogP contribution in [-0.4, -0.2) is 15.0 Å². The highest BCUT2D eigenvalue weighted by atomic mass is 79.9. The van der Waals surface area contributed by atoms with E-state index in [-0.39, 0.29) is 0 Å². The van der Waals surface area contributed by atoms with E-state index in [4.69, 9.17) is 15.0 Å². The first-order valence-electron chi connectivity index (χ1n) is 9.34. The van der Waals surface area contributed by atoms with Gasteiger partial charge in [0.05, 0.1) is 0 Å². The van der Waals surface area contributed by atoms with Gasteiger partial charge in [0.25, 0.3) is 0 Å². The van der Waals surface area contributed by atoms with Gasteiger partial charge >= 0.3 is 0 Å². The third-order valence-corrected chi connectivity index (χ3v) is 5.01. The molecule has 0 bridgehead atoms. The van der Waals surface area contributed by atoms with Crippen LogP contribution >= 0.6 is 15.9 Å². The first kappa shape index (κ1) is 19.9. The molecule has 140 valence electrons. The number of aryl methyl sites for hydroxylation is 1. The Balaban J connectivity index is 0.00000109. The van der Waals surface area contributed by atoms with E-state index in [1.165, 1.54) is 0 Å². The van der Waals surface area contributed by atoms with Gasteiger partial charge in [-0.05, 0) is 24.6 Å². The van der Waals surface area contributed by atoms with Gasteiger partial charge in [-0.1, -0.05) is 96.5 Å². The first-order chi connectivity index (χ1) is 13.7. The molecule has 0 aliphatic rings. The molecule has 4 rings (SSSR count). The molecule has 0 atom stereocenters. The fourth-order valence-corrected chi connectivity index (χ4v) is 2.97. The summed E-state index contributed by atoms with van der Waals surface area (Å²) in [6.45, 7) is 6.06. The van der Waals surface area contributed by atoms with Crippen molar-refractivity contribution < 1.29 is 0 Å². The average Bonchev–Trinajstić information content (AvgIpc) is 2.78. The molecule has 0 aliphatic carbocycles. The van der Waals surface area contributed by atoms with Gasteiger partial charge in [0.2, 0.25) is 0 Å². The maximum atomic E-state index is 4.73. The van der Waals surface area contributed by atoms with Gasteiger partial charge in [0.1, 0.15) is 0 Å². The van der Waals surface area contributed by atoms with Crippen molar-refractivity contribution in [3.05, 3.63) is 88.9 Å². The van der Waals surface area contributed by atoms with E-state index < -0.39 is 0 Å². The molecule has 0 saturated carbocycles. The van der Waals surface area contributed by atoms with Crippen molar-refractivity contribution in [3.63, 3.8) is 0 Å². The summed E-state index contributed by atoms with van der Waals surface area (Å²) in [7, 11) is 0. The fourth-order valence-electron chi connectivity index (χ4n) is 2.72. The van der Waals surface area contributed by atoms with Crippen LogP contribution in [0.25, 0.3) is 34.2 Å². The van der Waals surface area contributed by atoms with Crippen molar-refractivity contribution in [1.29, 1.82) is 0 Å². The maximum absolute atomic E-state index is 4.73. The predicted molar refractivity (Wildman–Crippen MR) is 120 cm³/mol. The minimum atomic E-state index is 0.674. The quantitative estimate of drug-likeness (QED) is 0.351. The number of aromatic nitrogens is 3. The summed E-state index contributed by atoms with van der Waals surface area (Å²) in [6, 6.07) is 26.1.